The van der Waals surface area contributed by atoms with E-state index in [2.05, 4.69) is 17.6 Å². The van der Waals surface area contributed by atoms with Gasteiger partial charge >= 0.3 is 0 Å². The molecule has 154 valence electrons. The summed E-state index contributed by atoms with van der Waals surface area (Å²) in [4.78, 5) is 26.3. The minimum Gasteiger partial charge on any atom is -0.332 e. The first-order valence-corrected chi connectivity index (χ1v) is 10.5. The average molecular weight is 412 g/mol. The first-order chi connectivity index (χ1) is 14.0. The molecule has 0 spiro atoms. The molecule has 2 rings (SSSR count). The van der Waals surface area contributed by atoms with E-state index in [9.17, 15) is 9.59 Å². The number of unbranched alkanes of at least 4 members (excludes halogenated alkanes) is 4. The van der Waals surface area contributed by atoms with Crippen molar-refractivity contribution >= 4 is 40.5 Å². The van der Waals surface area contributed by atoms with Crippen molar-refractivity contribution in [3.63, 3.8) is 0 Å². The summed E-state index contributed by atoms with van der Waals surface area (Å²) >= 11 is 5.23. The zero-order valence-corrected chi connectivity index (χ0v) is 17.9. The monoisotopic (exact) mass is 411 g/mol. The molecule has 0 atom stereocenters. The standard InChI is InChI=1S/C23H29N3O2S/c1-3-4-5-6-10-16-21(27)25-23(29)24-19-13-11-12-18(17-19)22(28)26(2)20-14-8-7-9-15-20/h7-9,11-15,17H,3-6,10,16H2,1-2H3,(H2,24,25,27,29). The molecular weight excluding hydrogens is 382 g/mol. The third kappa shape index (κ3) is 7.66. The Morgan fingerprint density at radius 3 is 2.41 bits per heavy atom. The smallest absolute Gasteiger partial charge is 0.258 e. The van der Waals surface area contributed by atoms with Gasteiger partial charge in [0.15, 0.2) is 5.11 Å². The van der Waals surface area contributed by atoms with Crippen LogP contribution in [0.1, 0.15) is 55.8 Å². The van der Waals surface area contributed by atoms with Crippen LogP contribution in [0.4, 0.5) is 11.4 Å². The Labute approximate surface area is 178 Å². The second-order valence-electron chi connectivity index (χ2n) is 6.95. The second kappa shape index (κ2) is 12.0. The lowest BCUT2D eigenvalue weighted by molar-refractivity contribution is -0.119. The molecule has 0 aromatic heterocycles. The number of nitrogens with one attached hydrogen (secondary N) is 2. The molecule has 0 heterocycles. The van der Waals surface area contributed by atoms with Crippen molar-refractivity contribution < 1.29 is 9.59 Å². The fourth-order valence-electron chi connectivity index (χ4n) is 2.93. The van der Waals surface area contributed by atoms with Gasteiger partial charge in [0.1, 0.15) is 0 Å². The third-order valence-corrected chi connectivity index (χ3v) is 4.78. The van der Waals surface area contributed by atoms with Crippen LogP contribution in [-0.4, -0.2) is 24.0 Å². The van der Waals surface area contributed by atoms with Crippen LogP contribution in [0.15, 0.2) is 54.6 Å². The van der Waals surface area contributed by atoms with Crippen LogP contribution in [0.2, 0.25) is 0 Å². The molecule has 2 aromatic rings. The lowest BCUT2D eigenvalue weighted by atomic mass is 10.1. The summed E-state index contributed by atoms with van der Waals surface area (Å²) in [6, 6.07) is 16.5. The van der Waals surface area contributed by atoms with Crippen molar-refractivity contribution in [3.8, 4) is 0 Å². The number of anilines is 2. The quantitative estimate of drug-likeness (QED) is 0.443. The molecular formula is C23H29N3O2S. The van der Waals surface area contributed by atoms with Gasteiger partial charge in [-0.3, -0.25) is 9.59 Å². The van der Waals surface area contributed by atoms with Gasteiger partial charge in [-0.1, -0.05) is 56.9 Å². The van der Waals surface area contributed by atoms with Crippen molar-refractivity contribution in [1.29, 1.82) is 0 Å². The third-order valence-electron chi connectivity index (χ3n) is 4.58. The molecule has 0 aliphatic carbocycles. The zero-order valence-electron chi connectivity index (χ0n) is 17.1. The van der Waals surface area contributed by atoms with E-state index >= 15 is 0 Å². The summed E-state index contributed by atoms with van der Waals surface area (Å²) in [6.45, 7) is 2.17. The number of amides is 2. The van der Waals surface area contributed by atoms with Crippen LogP contribution in [0.5, 0.6) is 0 Å². The average Bonchev–Trinajstić information content (AvgIpc) is 2.73. The summed E-state index contributed by atoms with van der Waals surface area (Å²) in [5, 5.41) is 5.93. The van der Waals surface area contributed by atoms with E-state index in [1.807, 2.05) is 36.4 Å². The Morgan fingerprint density at radius 1 is 0.966 bits per heavy atom. The molecule has 2 amide bonds. The summed E-state index contributed by atoms with van der Waals surface area (Å²) in [5.41, 5.74) is 2.01. The zero-order chi connectivity index (χ0) is 21.1. The Balaban J connectivity index is 1.88. The number of thiocarbonyl (C=S) groups is 1. The fourth-order valence-corrected chi connectivity index (χ4v) is 3.16. The molecule has 2 N–H and O–H groups in total. The highest BCUT2D eigenvalue weighted by Gasteiger charge is 2.14. The van der Waals surface area contributed by atoms with E-state index in [-0.39, 0.29) is 16.9 Å². The van der Waals surface area contributed by atoms with Crippen LogP contribution in [0.25, 0.3) is 0 Å². The molecule has 0 unspecified atom stereocenters. The van der Waals surface area contributed by atoms with E-state index in [4.69, 9.17) is 12.2 Å². The maximum atomic E-state index is 12.7. The summed E-state index contributed by atoms with van der Waals surface area (Å²) in [6.07, 6.45) is 5.93. The van der Waals surface area contributed by atoms with Crippen molar-refractivity contribution in [2.24, 2.45) is 0 Å². The number of hydrogen-bond acceptors (Lipinski definition) is 3. The molecule has 6 heteroatoms. The lowest BCUT2D eigenvalue weighted by Gasteiger charge is -2.18. The van der Waals surface area contributed by atoms with Gasteiger partial charge in [0.2, 0.25) is 5.91 Å². The summed E-state index contributed by atoms with van der Waals surface area (Å²) in [5.74, 6) is -0.211. The van der Waals surface area contributed by atoms with Crippen LogP contribution < -0.4 is 15.5 Å². The van der Waals surface area contributed by atoms with Crippen LogP contribution in [0.3, 0.4) is 0 Å². The van der Waals surface area contributed by atoms with Gasteiger partial charge in [0.05, 0.1) is 0 Å². The predicted molar refractivity (Wildman–Crippen MR) is 123 cm³/mol. The van der Waals surface area contributed by atoms with Crippen molar-refractivity contribution in [1.82, 2.24) is 5.32 Å². The van der Waals surface area contributed by atoms with Crippen LogP contribution >= 0.6 is 12.2 Å². The van der Waals surface area contributed by atoms with Gasteiger partial charge in [-0.2, -0.15) is 0 Å². The highest BCUT2D eigenvalue weighted by molar-refractivity contribution is 7.80. The predicted octanol–water partition coefficient (Wildman–Crippen LogP) is 5.14. The highest BCUT2D eigenvalue weighted by atomic mass is 32.1. The largest absolute Gasteiger partial charge is 0.332 e. The minimum atomic E-state index is -0.123. The van der Waals surface area contributed by atoms with Gasteiger partial charge in [-0.15, -0.1) is 0 Å². The SMILES string of the molecule is CCCCCCCC(=O)NC(=S)Nc1cccc(C(=O)N(C)c2ccccc2)c1. The normalized spacial score (nSPS) is 10.3. The van der Waals surface area contributed by atoms with Crippen LogP contribution in [0, 0.1) is 0 Å². The maximum absolute atomic E-state index is 12.7. The van der Waals surface area contributed by atoms with Crippen molar-refractivity contribution in [3.05, 3.63) is 60.2 Å². The Morgan fingerprint density at radius 2 is 1.69 bits per heavy atom. The molecule has 29 heavy (non-hydrogen) atoms. The Bertz CT molecular complexity index is 824. The first kappa shape index (κ1) is 22.6. The fraction of sp³-hybridized carbons (Fsp3) is 0.348. The lowest BCUT2D eigenvalue weighted by Crippen LogP contribution is -2.34. The van der Waals surface area contributed by atoms with E-state index in [1.165, 1.54) is 12.8 Å². The number of carbonyl (C=O) groups is 2. The van der Waals surface area contributed by atoms with Crippen molar-refractivity contribution in [2.75, 3.05) is 17.3 Å². The number of rotatable bonds is 9. The number of hydrogen-bond donors (Lipinski definition) is 2. The number of para-hydroxylation sites is 1. The molecule has 0 bridgehead atoms. The number of carbonyl (C=O) groups excluding carboxylic acids is 2. The Hall–Kier alpha value is -2.73. The van der Waals surface area contributed by atoms with Crippen molar-refractivity contribution in [2.45, 2.75) is 45.4 Å². The molecule has 5 nitrogen and oxygen atoms in total. The van der Waals surface area contributed by atoms with E-state index in [1.54, 1.807) is 30.1 Å². The van der Waals surface area contributed by atoms with Gasteiger partial charge in [0, 0.05) is 30.4 Å². The Kier molecular flexibility index (Phi) is 9.31. The minimum absolute atomic E-state index is 0.0879. The van der Waals surface area contributed by atoms with Gasteiger partial charge in [-0.05, 0) is 49.0 Å². The summed E-state index contributed by atoms with van der Waals surface area (Å²) in [7, 11) is 1.74. The highest BCUT2D eigenvalue weighted by Crippen LogP contribution is 2.17. The number of nitrogens with zero attached hydrogens (tertiary/aromatic N) is 1. The molecule has 2 aromatic carbocycles. The van der Waals surface area contributed by atoms with Gasteiger partial charge < -0.3 is 15.5 Å². The molecule has 0 aliphatic heterocycles. The van der Waals surface area contributed by atoms with E-state index in [0.29, 0.717) is 17.7 Å². The second-order valence-corrected chi connectivity index (χ2v) is 7.36. The number of benzene rings is 2. The molecule has 0 saturated carbocycles. The van der Waals surface area contributed by atoms with Gasteiger partial charge in [0.25, 0.3) is 5.91 Å². The van der Waals surface area contributed by atoms with E-state index < -0.39 is 0 Å². The molecule has 0 saturated heterocycles. The van der Waals surface area contributed by atoms with E-state index in [0.717, 1.165) is 24.9 Å². The first-order valence-electron chi connectivity index (χ1n) is 10.0. The molecule has 0 fully saturated rings. The molecule has 0 aliphatic rings. The topological polar surface area (TPSA) is 61.4 Å². The molecule has 0 radical (unpaired) electrons. The maximum Gasteiger partial charge on any atom is 0.258 e. The summed E-state index contributed by atoms with van der Waals surface area (Å²) < 4.78 is 0. The van der Waals surface area contributed by atoms with Crippen LogP contribution in [-0.2, 0) is 4.79 Å². The van der Waals surface area contributed by atoms with Gasteiger partial charge in [-0.25, -0.2) is 0 Å².